The molecule has 0 aliphatic heterocycles. The van der Waals surface area contributed by atoms with Crippen molar-refractivity contribution in [1.29, 1.82) is 0 Å². The fraction of sp³-hybridized carbons (Fsp3) is 0. The molecule has 0 radical (unpaired) electrons. The van der Waals surface area contributed by atoms with E-state index >= 15 is 0 Å². The molecule has 0 unspecified atom stereocenters. The van der Waals surface area contributed by atoms with Crippen molar-refractivity contribution in [2.45, 2.75) is 0 Å². The van der Waals surface area contributed by atoms with Gasteiger partial charge in [0.05, 0.1) is 4.92 Å². The highest BCUT2D eigenvalue weighted by Crippen LogP contribution is 2.17. The van der Waals surface area contributed by atoms with E-state index in [0.29, 0.717) is 0 Å². The predicted molar refractivity (Wildman–Crippen MR) is 48.3 cm³/mol. The smallest absolute Gasteiger partial charge is 0.402 e. The van der Waals surface area contributed by atoms with E-state index in [1.165, 1.54) is 24.3 Å². The van der Waals surface area contributed by atoms with E-state index in [2.05, 4.69) is 14.8 Å². The fourth-order valence-corrected chi connectivity index (χ4v) is 0.794. The highest BCUT2D eigenvalue weighted by atomic mass is 16.6. The summed E-state index contributed by atoms with van der Waals surface area (Å²) in [4.78, 5) is 22.6. The van der Waals surface area contributed by atoms with Crippen molar-refractivity contribution < 1.29 is 14.5 Å². The lowest BCUT2D eigenvalue weighted by Crippen LogP contribution is -2.00. The molecule has 0 fully saturated rings. The molecule has 0 saturated carbocycles. The fourth-order valence-electron chi connectivity index (χ4n) is 0.794. The summed E-state index contributed by atoms with van der Waals surface area (Å²) in [6.07, 6.45) is -1.12. The molecule has 8 nitrogen and oxygen atoms in total. The molecule has 0 N–H and O–H groups in total. The third kappa shape index (κ3) is 2.98. The number of benzene rings is 1. The monoisotopic (exact) mass is 208 g/mol. The molecule has 8 heteroatoms. The first-order valence-corrected chi connectivity index (χ1v) is 3.65. The molecule has 76 valence electrons. The van der Waals surface area contributed by atoms with E-state index < -0.39 is 11.0 Å². The number of hydrogen-bond acceptors (Lipinski definition) is 4. The van der Waals surface area contributed by atoms with Gasteiger partial charge in [-0.05, 0) is 17.7 Å². The predicted octanol–water partition coefficient (Wildman–Crippen LogP) is 2.40. The number of nitrogens with zero attached hydrogens (tertiary/aromatic N) is 4. The van der Waals surface area contributed by atoms with Crippen LogP contribution in [0.1, 0.15) is 0 Å². The Kier molecular flexibility index (Phi) is 3.20. The maximum atomic E-state index is 10.7. The summed E-state index contributed by atoms with van der Waals surface area (Å²) < 4.78 is 4.51. The van der Waals surface area contributed by atoms with E-state index in [0.717, 1.165) is 0 Å². The maximum Gasteiger partial charge on any atom is 0.402 e. The molecule has 0 aliphatic carbocycles. The standard InChI is InChI=1S/C7H4N4O4/c8-10-9-7(12)15-6-3-1-5(2-4-6)11(13)14/h1-4H. The number of nitro groups is 1. The van der Waals surface area contributed by atoms with Crippen LogP contribution in [0.25, 0.3) is 10.4 Å². The lowest BCUT2D eigenvalue weighted by Gasteiger charge is -1.98. The normalized spacial score (nSPS) is 8.80. The van der Waals surface area contributed by atoms with Crippen molar-refractivity contribution in [2.24, 2.45) is 5.11 Å². The molecule has 1 amide bonds. The van der Waals surface area contributed by atoms with Crippen molar-refractivity contribution in [3.05, 3.63) is 44.8 Å². The Morgan fingerprint density at radius 3 is 2.53 bits per heavy atom. The van der Waals surface area contributed by atoms with Crippen LogP contribution in [0.5, 0.6) is 5.75 Å². The number of amides is 1. The molecule has 0 spiro atoms. The van der Waals surface area contributed by atoms with Crippen LogP contribution in [0, 0.1) is 10.1 Å². The Labute approximate surface area is 82.9 Å². The average Bonchev–Trinajstić information content (AvgIpc) is 2.18. The van der Waals surface area contributed by atoms with Gasteiger partial charge in [-0.15, -0.1) is 0 Å². The number of rotatable bonds is 2. The Hall–Kier alpha value is -2.60. The van der Waals surface area contributed by atoms with Crippen LogP contribution >= 0.6 is 0 Å². The van der Waals surface area contributed by atoms with E-state index in [9.17, 15) is 14.9 Å². The molecule has 0 bridgehead atoms. The van der Waals surface area contributed by atoms with Crippen molar-refractivity contribution in [3.63, 3.8) is 0 Å². The summed E-state index contributed by atoms with van der Waals surface area (Å²) in [5.74, 6) is 0.0676. The van der Waals surface area contributed by atoms with E-state index in [1.807, 2.05) is 0 Å². The molecular formula is C7H4N4O4. The second kappa shape index (κ2) is 4.58. The highest BCUT2D eigenvalue weighted by molar-refractivity contribution is 5.71. The number of non-ortho nitro benzene ring substituents is 1. The number of carbonyl (C=O) groups excluding carboxylic acids is 1. The van der Waals surface area contributed by atoms with Crippen molar-refractivity contribution in [3.8, 4) is 5.75 Å². The molecule has 0 aliphatic rings. The number of nitro benzene ring substituents is 1. The van der Waals surface area contributed by atoms with Gasteiger partial charge >= 0.3 is 6.09 Å². The lowest BCUT2D eigenvalue weighted by atomic mass is 10.3. The topological polar surface area (TPSA) is 118 Å². The first kappa shape index (κ1) is 10.5. The summed E-state index contributed by atoms with van der Waals surface area (Å²) in [5.41, 5.74) is 7.77. The summed E-state index contributed by atoms with van der Waals surface area (Å²) in [6, 6.07) is 4.78. The van der Waals surface area contributed by atoms with Crippen LogP contribution in [0.2, 0.25) is 0 Å². The van der Waals surface area contributed by atoms with Crippen LogP contribution < -0.4 is 4.74 Å². The highest BCUT2D eigenvalue weighted by Gasteiger charge is 2.06. The molecule has 0 saturated heterocycles. The summed E-state index contributed by atoms with van der Waals surface area (Å²) in [6.45, 7) is 0. The minimum absolute atomic E-state index is 0.0676. The quantitative estimate of drug-likeness (QED) is 0.243. The van der Waals surface area contributed by atoms with Crippen LogP contribution in [0.4, 0.5) is 10.5 Å². The van der Waals surface area contributed by atoms with Crippen LogP contribution in [-0.4, -0.2) is 11.0 Å². The van der Waals surface area contributed by atoms with Gasteiger partial charge in [-0.25, -0.2) is 4.79 Å². The Bertz CT molecular complexity index is 435. The molecule has 15 heavy (non-hydrogen) atoms. The molecule has 1 aromatic carbocycles. The zero-order chi connectivity index (χ0) is 11.3. The van der Waals surface area contributed by atoms with Gasteiger partial charge in [-0.2, -0.15) is 0 Å². The molecule has 1 aromatic rings. The molecule has 0 heterocycles. The summed E-state index contributed by atoms with van der Waals surface area (Å²) in [5, 5.41) is 12.9. The molecule has 1 rings (SSSR count). The maximum absolute atomic E-state index is 10.7. The van der Waals surface area contributed by atoms with E-state index in [4.69, 9.17) is 5.53 Å². The summed E-state index contributed by atoms with van der Waals surface area (Å²) >= 11 is 0. The van der Waals surface area contributed by atoms with Gasteiger partial charge in [0.1, 0.15) is 5.75 Å². The SMILES string of the molecule is [N-]=[N+]=NC(=O)Oc1ccc([N+](=O)[O-])cc1. The van der Waals surface area contributed by atoms with Crippen LogP contribution in [0.15, 0.2) is 29.4 Å². The van der Waals surface area contributed by atoms with Gasteiger partial charge in [0.15, 0.2) is 0 Å². The Balaban J connectivity index is 2.76. The Morgan fingerprint density at radius 2 is 2.07 bits per heavy atom. The van der Waals surface area contributed by atoms with Gasteiger partial charge in [-0.1, -0.05) is 0 Å². The van der Waals surface area contributed by atoms with Gasteiger partial charge in [0.25, 0.3) is 5.69 Å². The van der Waals surface area contributed by atoms with Gasteiger partial charge in [-0.3, -0.25) is 10.1 Å². The second-order valence-corrected chi connectivity index (χ2v) is 2.31. The van der Waals surface area contributed by atoms with Gasteiger partial charge in [0.2, 0.25) is 0 Å². The van der Waals surface area contributed by atoms with Crippen LogP contribution in [-0.2, 0) is 0 Å². The Morgan fingerprint density at radius 1 is 1.47 bits per heavy atom. The largest absolute Gasteiger partial charge is 0.422 e. The van der Waals surface area contributed by atoms with Crippen molar-refractivity contribution in [1.82, 2.24) is 0 Å². The van der Waals surface area contributed by atoms with Crippen LogP contribution in [0.3, 0.4) is 0 Å². The average molecular weight is 208 g/mol. The van der Waals surface area contributed by atoms with Crippen molar-refractivity contribution >= 4 is 11.8 Å². The number of azide groups is 1. The first-order valence-electron chi connectivity index (χ1n) is 3.65. The minimum Gasteiger partial charge on any atom is -0.422 e. The van der Waals surface area contributed by atoms with Gasteiger partial charge < -0.3 is 4.74 Å². The molecule has 0 aromatic heterocycles. The third-order valence-corrected chi connectivity index (χ3v) is 1.38. The number of hydrogen-bond donors (Lipinski definition) is 0. The second-order valence-electron chi connectivity index (χ2n) is 2.31. The first-order chi connectivity index (χ1) is 7.13. The van der Waals surface area contributed by atoms with E-state index in [-0.39, 0.29) is 11.4 Å². The number of ether oxygens (including phenoxy) is 1. The number of carbonyl (C=O) groups is 1. The summed E-state index contributed by atoms with van der Waals surface area (Å²) in [7, 11) is 0. The lowest BCUT2D eigenvalue weighted by molar-refractivity contribution is -0.384. The zero-order valence-corrected chi connectivity index (χ0v) is 7.23. The third-order valence-electron chi connectivity index (χ3n) is 1.38. The van der Waals surface area contributed by atoms with Gasteiger partial charge in [0, 0.05) is 22.2 Å². The van der Waals surface area contributed by atoms with Crippen molar-refractivity contribution in [2.75, 3.05) is 0 Å². The van der Waals surface area contributed by atoms with E-state index in [1.54, 1.807) is 0 Å². The molecular weight excluding hydrogens is 204 g/mol. The molecule has 0 atom stereocenters. The minimum atomic E-state index is -1.12. The zero-order valence-electron chi connectivity index (χ0n) is 7.23.